The number of benzene rings is 2. The van der Waals surface area contributed by atoms with Crippen LogP contribution in [0, 0.1) is 5.92 Å². The first kappa shape index (κ1) is 30.4. The third-order valence-electron chi connectivity index (χ3n) is 5.88. The third-order valence-corrected chi connectivity index (χ3v) is 7.11. The van der Waals surface area contributed by atoms with Crippen molar-refractivity contribution in [1.29, 1.82) is 0 Å². The highest BCUT2D eigenvalue weighted by Gasteiger charge is 2.32. The number of carbonyl (C=O) groups is 1. The van der Waals surface area contributed by atoms with Crippen molar-refractivity contribution in [3.63, 3.8) is 0 Å². The predicted molar refractivity (Wildman–Crippen MR) is 133 cm³/mol. The Hall–Kier alpha value is -2.79. The van der Waals surface area contributed by atoms with Crippen LogP contribution >= 0.6 is 0 Å². The average molecular weight is 546 g/mol. The van der Waals surface area contributed by atoms with Gasteiger partial charge in [-0.2, -0.15) is 21.6 Å². The summed E-state index contributed by atoms with van der Waals surface area (Å²) in [5, 5.41) is 0. The predicted octanol–water partition coefficient (Wildman–Crippen LogP) is 5.67. The lowest BCUT2D eigenvalue weighted by atomic mass is 9.97. The van der Waals surface area contributed by atoms with E-state index in [4.69, 9.17) is 13.7 Å². The monoisotopic (exact) mass is 545 g/mol. The molecule has 0 radical (unpaired) electrons. The molecule has 0 heterocycles. The Morgan fingerprint density at radius 3 is 2.38 bits per heavy atom. The van der Waals surface area contributed by atoms with Crippen molar-refractivity contribution in [3.05, 3.63) is 53.6 Å². The lowest BCUT2D eigenvalue weighted by Crippen LogP contribution is -2.37. The van der Waals surface area contributed by atoms with Crippen LogP contribution in [-0.4, -0.2) is 46.6 Å². The number of carbonyl (C=O) groups excluding carboxylic acids is 1. The van der Waals surface area contributed by atoms with Gasteiger partial charge in [0.1, 0.15) is 4.90 Å². The number of halogens is 3. The number of amides is 1. The molecule has 37 heavy (non-hydrogen) atoms. The molecule has 206 valence electrons. The number of rotatable bonds is 14. The first-order valence-electron chi connectivity index (χ1n) is 12.0. The molecule has 0 spiro atoms. The SMILES string of the molecule is CCCC[C@H](CC)C(=O)N(CCOC)Cc1ccc(OC)c(OS(=O)(=O)c2cccc(C(F)(F)F)c2)c1. The Morgan fingerprint density at radius 2 is 1.78 bits per heavy atom. The van der Waals surface area contributed by atoms with Gasteiger partial charge in [0, 0.05) is 26.1 Å². The van der Waals surface area contributed by atoms with Crippen molar-refractivity contribution in [1.82, 2.24) is 4.90 Å². The molecule has 0 N–H and O–H groups in total. The van der Waals surface area contributed by atoms with Gasteiger partial charge in [-0.15, -0.1) is 0 Å². The molecule has 0 unspecified atom stereocenters. The van der Waals surface area contributed by atoms with Crippen LogP contribution in [-0.2, 0) is 32.4 Å². The van der Waals surface area contributed by atoms with Crippen molar-refractivity contribution in [2.45, 2.75) is 57.1 Å². The Labute approximate surface area is 216 Å². The van der Waals surface area contributed by atoms with Gasteiger partial charge in [-0.3, -0.25) is 4.79 Å². The van der Waals surface area contributed by atoms with E-state index in [0.717, 1.165) is 37.5 Å². The van der Waals surface area contributed by atoms with Crippen LogP contribution in [0.5, 0.6) is 11.5 Å². The van der Waals surface area contributed by atoms with Crippen LogP contribution in [0.4, 0.5) is 13.2 Å². The normalized spacial score (nSPS) is 12.7. The molecule has 0 aliphatic heterocycles. The van der Waals surface area contributed by atoms with Gasteiger partial charge in [-0.1, -0.05) is 38.8 Å². The van der Waals surface area contributed by atoms with Crippen LogP contribution in [0.3, 0.4) is 0 Å². The fourth-order valence-corrected chi connectivity index (χ4v) is 4.76. The lowest BCUT2D eigenvalue weighted by molar-refractivity contribution is -0.138. The molecule has 0 aliphatic carbocycles. The minimum absolute atomic E-state index is 0.0251. The second-order valence-electron chi connectivity index (χ2n) is 8.55. The van der Waals surface area contributed by atoms with E-state index in [2.05, 4.69) is 6.92 Å². The maximum atomic E-state index is 13.3. The molecule has 2 aromatic carbocycles. The van der Waals surface area contributed by atoms with Gasteiger partial charge in [0.05, 0.1) is 19.3 Å². The minimum atomic E-state index is -4.71. The zero-order valence-electron chi connectivity index (χ0n) is 21.5. The van der Waals surface area contributed by atoms with Crippen molar-refractivity contribution in [2.75, 3.05) is 27.4 Å². The topological polar surface area (TPSA) is 82.1 Å². The summed E-state index contributed by atoms with van der Waals surface area (Å²) in [5.74, 6) is -0.298. The number of nitrogens with zero attached hydrogens (tertiary/aromatic N) is 1. The molecular weight excluding hydrogens is 511 g/mol. The summed E-state index contributed by atoms with van der Waals surface area (Å²) in [6.07, 6.45) is -1.36. The first-order chi connectivity index (χ1) is 17.5. The first-order valence-corrected chi connectivity index (χ1v) is 13.4. The molecule has 0 fully saturated rings. The van der Waals surface area contributed by atoms with E-state index < -0.39 is 26.8 Å². The second-order valence-corrected chi connectivity index (χ2v) is 10.1. The van der Waals surface area contributed by atoms with Gasteiger partial charge < -0.3 is 18.6 Å². The van der Waals surface area contributed by atoms with Crippen molar-refractivity contribution >= 4 is 16.0 Å². The summed E-state index contributed by atoms with van der Waals surface area (Å²) in [5.41, 5.74) is -0.552. The number of hydrogen-bond donors (Lipinski definition) is 0. The van der Waals surface area contributed by atoms with Crippen molar-refractivity contribution < 1.29 is 40.0 Å². The number of hydrogen-bond acceptors (Lipinski definition) is 6. The van der Waals surface area contributed by atoms with Gasteiger partial charge in [-0.05, 0) is 48.7 Å². The second kappa shape index (κ2) is 13.7. The quantitative estimate of drug-likeness (QED) is 0.285. The molecule has 1 amide bonds. The molecule has 0 saturated carbocycles. The largest absolute Gasteiger partial charge is 0.493 e. The molecule has 0 aromatic heterocycles. The van der Waals surface area contributed by atoms with Crippen molar-refractivity contribution in [3.8, 4) is 11.5 Å². The molecule has 11 heteroatoms. The summed E-state index contributed by atoms with van der Waals surface area (Å²) < 4.78 is 80.5. The molecule has 2 aromatic rings. The summed E-state index contributed by atoms with van der Waals surface area (Å²) in [6, 6.07) is 7.86. The Balaban J connectivity index is 2.35. The smallest absolute Gasteiger partial charge is 0.416 e. The highest BCUT2D eigenvalue weighted by atomic mass is 32.2. The Morgan fingerprint density at radius 1 is 1.05 bits per heavy atom. The zero-order chi connectivity index (χ0) is 27.6. The van der Waals surface area contributed by atoms with Crippen molar-refractivity contribution in [2.24, 2.45) is 5.92 Å². The van der Waals surface area contributed by atoms with E-state index in [1.54, 1.807) is 11.0 Å². The molecule has 2 rings (SSSR count). The van der Waals surface area contributed by atoms with E-state index in [1.165, 1.54) is 26.4 Å². The van der Waals surface area contributed by atoms with E-state index in [0.29, 0.717) is 31.2 Å². The Kier molecular flexibility index (Phi) is 11.2. The summed E-state index contributed by atoms with van der Waals surface area (Å²) >= 11 is 0. The number of methoxy groups -OCH3 is 2. The Bertz CT molecular complexity index is 1140. The lowest BCUT2D eigenvalue weighted by Gasteiger charge is -2.27. The molecule has 0 aliphatic rings. The molecule has 0 bridgehead atoms. The summed E-state index contributed by atoms with van der Waals surface area (Å²) in [4.78, 5) is 14.3. The number of ether oxygens (including phenoxy) is 2. The highest BCUT2D eigenvalue weighted by molar-refractivity contribution is 7.87. The van der Waals surface area contributed by atoms with Crippen LogP contribution in [0.1, 0.15) is 50.7 Å². The van der Waals surface area contributed by atoms with Crippen LogP contribution in [0.25, 0.3) is 0 Å². The van der Waals surface area contributed by atoms with Gasteiger partial charge in [-0.25, -0.2) is 0 Å². The standard InChI is InChI=1S/C26H34F3NO6S/c1-5-7-9-20(6-2)25(31)30(14-15-34-3)18-19-12-13-23(35-4)24(16-19)36-37(32,33)22-11-8-10-21(17-22)26(27,28)29/h8,10-13,16-17,20H,5-7,9,14-15,18H2,1-4H3/t20-/m0/s1. The summed E-state index contributed by atoms with van der Waals surface area (Å²) in [7, 11) is -1.76. The van der Waals surface area contributed by atoms with Gasteiger partial charge in [0.15, 0.2) is 11.5 Å². The van der Waals surface area contributed by atoms with E-state index >= 15 is 0 Å². The molecule has 0 saturated heterocycles. The highest BCUT2D eigenvalue weighted by Crippen LogP contribution is 2.34. The third kappa shape index (κ3) is 8.63. The van der Waals surface area contributed by atoms with Gasteiger partial charge >= 0.3 is 16.3 Å². The maximum absolute atomic E-state index is 13.3. The summed E-state index contributed by atoms with van der Waals surface area (Å²) in [6.45, 7) is 4.84. The van der Waals surface area contributed by atoms with Gasteiger partial charge in [0.2, 0.25) is 5.91 Å². The number of unbranched alkanes of at least 4 members (excludes halogenated alkanes) is 1. The van der Waals surface area contributed by atoms with Gasteiger partial charge in [0.25, 0.3) is 0 Å². The fraction of sp³-hybridized carbons (Fsp3) is 0.500. The zero-order valence-corrected chi connectivity index (χ0v) is 22.3. The van der Waals surface area contributed by atoms with Crippen LogP contribution in [0.2, 0.25) is 0 Å². The van der Waals surface area contributed by atoms with Crippen LogP contribution < -0.4 is 8.92 Å². The maximum Gasteiger partial charge on any atom is 0.416 e. The minimum Gasteiger partial charge on any atom is -0.493 e. The van der Waals surface area contributed by atoms with E-state index in [1.807, 2.05) is 6.92 Å². The molecular formula is C26H34F3NO6S. The molecule has 1 atom stereocenters. The number of alkyl halides is 3. The van der Waals surface area contributed by atoms with Crippen LogP contribution in [0.15, 0.2) is 47.4 Å². The molecule has 7 nitrogen and oxygen atoms in total. The fourth-order valence-electron chi connectivity index (χ4n) is 3.78. The van der Waals surface area contributed by atoms with E-state index in [-0.39, 0.29) is 29.9 Å². The average Bonchev–Trinajstić information content (AvgIpc) is 2.86. The van der Waals surface area contributed by atoms with E-state index in [9.17, 15) is 26.4 Å².